The quantitative estimate of drug-likeness (QED) is 0.619. The molecule has 0 aliphatic heterocycles. The van der Waals surface area contributed by atoms with Gasteiger partial charge in [0.15, 0.2) is 5.15 Å². The van der Waals surface area contributed by atoms with Crippen LogP contribution in [0.5, 0.6) is 5.88 Å². The minimum atomic E-state index is 0.205. The third kappa shape index (κ3) is 1.46. The molecule has 0 aromatic carbocycles. The van der Waals surface area contributed by atoms with Crippen molar-refractivity contribution in [3.8, 4) is 5.88 Å². The Morgan fingerprint density at radius 1 is 1.45 bits per heavy atom. The van der Waals surface area contributed by atoms with Crippen LogP contribution in [0.3, 0.4) is 0 Å². The van der Waals surface area contributed by atoms with Gasteiger partial charge in [0, 0.05) is 0 Å². The molecule has 5 heteroatoms. The average Bonchev–Trinajstić information content (AvgIpc) is 1.97. The van der Waals surface area contributed by atoms with Gasteiger partial charge in [-0.15, -0.1) is 0 Å². The van der Waals surface area contributed by atoms with Crippen LogP contribution in [-0.2, 0) is 0 Å². The summed E-state index contributed by atoms with van der Waals surface area (Å²) < 4.78 is 4.80. The molecule has 0 unspecified atom stereocenters. The van der Waals surface area contributed by atoms with Gasteiger partial charge in [0.05, 0.1) is 18.5 Å². The minimum Gasteiger partial charge on any atom is -0.479 e. The lowest BCUT2D eigenvalue weighted by atomic mass is 10.4. The first kappa shape index (κ1) is 7.94. The molecule has 1 rings (SSSR count). The Labute approximate surface area is 69.1 Å². The van der Waals surface area contributed by atoms with E-state index in [0.29, 0.717) is 17.3 Å². The normalized spacial score (nSPS) is 9.64. The van der Waals surface area contributed by atoms with Crippen LogP contribution < -0.4 is 16.2 Å². The van der Waals surface area contributed by atoms with Crippen molar-refractivity contribution in [2.45, 2.75) is 0 Å². The molecule has 4 N–H and O–H groups in total. The molecule has 0 radical (unpaired) electrons. The predicted octanol–water partition coefficient (Wildman–Crippen LogP) is 0.908. The van der Waals surface area contributed by atoms with Crippen molar-refractivity contribution in [3.05, 3.63) is 11.2 Å². The van der Waals surface area contributed by atoms with Crippen molar-refractivity contribution in [1.82, 2.24) is 4.98 Å². The zero-order chi connectivity index (χ0) is 8.43. The molecular weight excluding hydrogens is 166 g/mol. The number of aromatic nitrogens is 1. The summed E-state index contributed by atoms with van der Waals surface area (Å²) >= 11 is 5.59. The highest BCUT2D eigenvalue weighted by molar-refractivity contribution is 6.32. The van der Waals surface area contributed by atoms with E-state index in [-0.39, 0.29) is 5.15 Å². The Bertz CT molecular complexity index is 277. The lowest BCUT2D eigenvalue weighted by molar-refractivity contribution is 0.400. The highest BCUT2D eigenvalue weighted by Crippen LogP contribution is 2.25. The van der Waals surface area contributed by atoms with E-state index in [9.17, 15) is 0 Å². The molecule has 0 spiro atoms. The fraction of sp³-hybridized carbons (Fsp3) is 0.167. The zero-order valence-corrected chi connectivity index (χ0v) is 6.72. The third-order valence-corrected chi connectivity index (χ3v) is 1.49. The number of nitrogens with two attached hydrogens (primary N) is 2. The fourth-order valence-electron chi connectivity index (χ4n) is 0.671. The monoisotopic (exact) mass is 173 g/mol. The Kier molecular flexibility index (Phi) is 2.05. The number of methoxy groups -OCH3 is 1. The number of hydrogen-bond donors (Lipinski definition) is 2. The molecule has 1 aromatic rings. The maximum atomic E-state index is 5.59. The molecule has 1 aromatic heterocycles. The number of nitrogen functional groups attached to an aromatic ring is 2. The van der Waals surface area contributed by atoms with Crippen LogP contribution in [0, 0.1) is 0 Å². The zero-order valence-electron chi connectivity index (χ0n) is 5.97. The highest BCUT2D eigenvalue weighted by Gasteiger charge is 2.04. The average molecular weight is 174 g/mol. The summed E-state index contributed by atoms with van der Waals surface area (Å²) in [7, 11) is 1.46. The Morgan fingerprint density at radius 2 is 2.09 bits per heavy atom. The minimum absolute atomic E-state index is 0.205. The van der Waals surface area contributed by atoms with Gasteiger partial charge >= 0.3 is 0 Å². The fourth-order valence-corrected chi connectivity index (χ4v) is 0.802. The van der Waals surface area contributed by atoms with Crippen molar-refractivity contribution in [2.24, 2.45) is 0 Å². The summed E-state index contributed by atoms with van der Waals surface area (Å²) in [5, 5.41) is 0.205. The number of ether oxygens (including phenoxy) is 1. The molecule has 0 bridgehead atoms. The summed E-state index contributed by atoms with van der Waals surface area (Å²) in [6.45, 7) is 0. The van der Waals surface area contributed by atoms with E-state index in [2.05, 4.69) is 4.98 Å². The van der Waals surface area contributed by atoms with Gasteiger partial charge in [0.2, 0.25) is 5.88 Å². The summed E-state index contributed by atoms with van der Waals surface area (Å²) in [5.74, 6) is 0.296. The Morgan fingerprint density at radius 3 is 2.64 bits per heavy atom. The lowest BCUT2D eigenvalue weighted by Gasteiger charge is -2.04. The smallest absolute Gasteiger partial charge is 0.238 e. The maximum absolute atomic E-state index is 5.59. The van der Waals surface area contributed by atoms with Gasteiger partial charge in [-0.25, -0.2) is 0 Å². The van der Waals surface area contributed by atoms with Crippen LogP contribution in [0.4, 0.5) is 11.4 Å². The number of anilines is 2. The summed E-state index contributed by atoms with van der Waals surface area (Å²) in [6.07, 6.45) is 0. The van der Waals surface area contributed by atoms with Crippen molar-refractivity contribution < 1.29 is 4.74 Å². The second-order valence-corrected chi connectivity index (χ2v) is 2.32. The number of hydrogen-bond acceptors (Lipinski definition) is 4. The summed E-state index contributed by atoms with van der Waals surface area (Å²) in [6, 6.07) is 1.51. The van der Waals surface area contributed by atoms with E-state index >= 15 is 0 Å². The van der Waals surface area contributed by atoms with E-state index in [1.807, 2.05) is 0 Å². The number of halogens is 1. The van der Waals surface area contributed by atoms with Crippen molar-refractivity contribution >= 4 is 23.0 Å². The molecule has 0 aliphatic carbocycles. The molecule has 0 amide bonds. The lowest BCUT2D eigenvalue weighted by Crippen LogP contribution is -1.98. The van der Waals surface area contributed by atoms with E-state index in [1.165, 1.54) is 13.2 Å². The van der Waals surface area contributed by atoms with Gasteiger partial charge in [-0.3, -0.25) is 0 Å². The van der Waals surface area contributed by atoms with Crippen LogP contribution >= 0.6 is 11.6 Å². The molecule has 0 saturated carbocycles. The van der Waals surface area contributed by atoms with Crippen LogP contribution in [0.2, 0.25) is 5.15 Å². The number of pyridine rings is 1. The molecule has 0 atom stereocenters. The molecule has 11 heavy (non-hydrogen) atoms. The van der Waals surface area contributed by atoms with E-state index in [4.69, 9.17) is 27.8 Å². The standard InChI is InChI=1S/C6H8ClN3O/c1-11-6-4(9)2-3(8)5(7)10-6/h2H,8-9H2,1H3. The second-order valence-electron chi connectivity index (χ2n) is 1.97. The van der Waals surface area contributed by atoms with Gasteiger partial charge in [-0.05, 0) is 6.07 Å². The highest BCUT2D eigenvalue weighted by atomic mass is 35.5. The van der Waals surface area contributed by atoms with Crippen molar-refractivity contribution in [1.29, 1.82) is 0 Å². The number of nitrogens with zero attached hydrogens (tertiary/aromatic N) is 1. The van der Waals surface area contributed by atoms with Gasteiger partial charge in [0.25, 0.3) is 0 Å². The molecular formula is C6H8ClN3O. The first-order chi connectivity index (χ1) is 5.15. The van der Waals surface area contributed by atoms with Gasteiger partial charge < -0.3 is 16.2 Å². The molecule has 4 nitrogen and oxygen atoms in total. The Hall–Kier alpha value is -1.16. The largest absolute Gasteiger partial charge is 0.479 e. The molecule has 0 saturated heterocycles. The van der Waals surface area contributed by atoms with Gasteiger partial charge in [-0.1, -0.05) is 11.6 Å². The first-order valence-corrected chi connectivity index (χ1v) is 3.28. The van der Waals surface area contributed by atoms with Crippen LogP contribution in [-0.4, -0.2) is 12.1 Å². The maximum Gasteiger partial charge on any atom is 0.238 e. The molecule has 1 heterocycles. The van der Waals surface area contributed by atoms with Crippen molar-refractivity contribution in [3.63, 3.8) is 0 Å². The molecule has 0 fully saturated rings. The predicted molar refractivity (Wildman–Crippen MR) is 44.6 cm³/mol. The topological polar surface area (TPSA) is 74.2 Å². The van der Waals surface area contributed by atoms with E-state index in [0.717, 1.165) is 0 Å². The van der Waals surface area contributed by atoms with Crippen LogP contribution in [0.25, 0.3) is 0 Å². The van der Waals surface area contributed by atoms with Gasteiger partial charge in [-0.2, -0.15) is 4.98 Å². The second kappa shape index (κ2) is 2.84. The van der Waals surface area contributed by atoms with Crippen LogP contribution in [0.1, 0.15) is 0 Å². The summed E-state index contributed by atoms with van der Waals surface area (Å²) in [4.78, 5) is 3.78. The first-order valence-electron chi connectivity index (χ1n) is 2.90. The van der Waals surface area contributed by atoms with E-state index < -0.39 is 0 Å². The third-order valence-electron chi connectivity index (χ3n) is 1.19. The van der Waals surface area contributed by atoms with Crippen LogP contribution in [0.15, 0.2) is 6.07 Å². The summed E-state index contributed by atoms with van der Waals surface area (Å²) in [5.41, 5.74) is 11.6. The van der Waals surface area contributed by atoms with Gasteiger partial charge in [0.1, 0.15) is 0 Å². The van der Waals surface area contributed by atoms with E-state index in [1.54, 1.807) is 0 Å². The number of rotatable bonds is 1. The Balaban J connectivity index is 3.21. The molecule has 0 aliphatic rings. The molecule has 60 valence electrons. The van der Waals surface area contributed by atoms with Crippen molar-refractivity contribution in [2.75, 3.05) is 18.6 Å². The SMILES string of the molecule is COc1nc(Cl)c(N)cc1N.